The Kier molecular flexibility index (Phi) is 3.79. The van der Waals surface area contributed by atoms with E-state index in [1.807, 2.05) is 11.6 Å². The number of nitrogens with zero attached hydrogens (tertiary/aromatic N) is 1. The molecule has 2 fully saturated rings. The van der Waals surface area contributed by atoms with Crippen molar-refractivity contribution >= 4 is 16.3 Å². The second-order valence-electron chi connectivity index (χ2n) is 4.73. The average molecular weight is 277 g/mol. The van der Waals surface area contributed by atoms with Crippen LogP contribution in [0, 0.1) is 5.92 Å². The number of fused-ring (bicyclic) bond motifs is 1. The van der Waals surface area contributed by atoms with E-state index in [0.29, 0.717) is 12.5 Å². The van der Waals surface area contributed by atoms with Crippen molar-refractivity contribution in [3.05, 3.63) is 0 Å². The Bertz CT molecular complexity index is 425. The zero-order valence-corrected chi connectivity index (χ0v) is 11.4. The number of rotatable bonds is 3. The Morgan fingerprint density at radius 1 is 1.50 bits per heavy atom. The molecule has 3 unspecified atom stereocenters. The minimum Gasteiger partial charge on any atom is -0.449 e. The van der Waals surface area contributed by atoms with Crippen molar-refractivity contribution in [1.82, 2.24) is 14.3 Å². The summed E-state index contributed by atoms with van der Waals surface area (Å²) < 4.78 is 32.3. The minimum atomic E-state index is -3.82. The van der Waals surface area contributed by atoms with Crippen molar-refractivity contribution in [1.29, 1.82) is 0 Å². The number of amides is 1. The van der Waals surface area contributed by atoms with Gasteiger partial charge in [0.15, 0.2) is 0 Å². The lowest BCUT2D eigenvalue weighted by molar-refractivity contribution is 0.157. The Balaban J connectivity index is 2.11. The van der Waals surface area contributed by atoms with Crippen molar-refractivity contribution in [3.63, 3.8) is 0 Å². The van der Waals surface area contributed by atoms with Crippen LogP contribution < -0.4 is 10.0 Å². The maximum atomic E-state index is 12.2. The SMILES string of the molecule is CCOC(=O)NS(=O)(=O)N1C(C)CC2CNCC21. The zero-order chi connectivity index (χ0) is 13.3. The highest BCUT2D eigenvalue weighted by atomic mass is 32.2. The lowest BCUT2D eigenvalue weighted by Gasteiger charge is -2.26. The van der Waals surface area contributed by atoms with Crippen molar-refractivity contribution in [2.75, 3.05) is 19.7 Å². The van der Waals surface area contributed by atoms with Crippen LogP contribution in [0.2, 0.25) is 0 Å². The van der Waals surface area contributed by atoms with Crippen LogP contribution in [0.25, 0.3) is 0 Å². The maximum absolute atomic E-state index is 12.2. The van der Waals surface area contributed by atoms with E-state index >= 15 is 0 Å². The second-order valence-corrected chi connectivity index (χ2v) is 6.30. The fourth-order valence-corrected chi connectivity index (χ4v) is 4.40. The lowest BCUT2D eigenvalue weighted by atomic mass is 10.0. The Labute approximate surface area is 107 Å². The molecule has 7 nitrogen and oxygen atoms in total. The summed E-state index contributed by atoms with van der Waals surface area (Å²) >= 11 is 0. The van der Waals surface area contributed by atoms with Gasteiger partial charge >= 0.3 is 16.3 Å². The highest BCUT2D eigenvalue weighted by Gasteiger charge is 2.48. The predicted octanol–water partition coefficient (Wildman–Crippen LogP) is -0.340. The molecule has 2 N–H and O–H groups in total. The van der Waals surface area contributed by atoms with Gasteiger partial charge in [-0.05, 0) is 32.7 Å². The molecule has 0 radical (unpaired) electrons. The predicted molar refractivity (Wildman–Crippen MR) is 65.1 cm³/mol. The highest BCUT2D eigenvalue weighted by Crippen LogP contribution is 2.33. The van der Waals surface area contributed by atoms with Crippen molar-refractivity contribution in [2.24, 2.45) is 5.92 Å². The molecule has 0 aromatic rings. The first-order chi connectivity index (χ1) is 8.45. The fraction of sp³-hybridized carbons (Fsp3) is 0.900. The topological polar surface area (TPSA) is 87.7 Å². The van der Waals surface area contributed by atoms with Gasteiger partial charge in [0.05, 0.1) is 6.61 Å². The molecule has 2 aliphatic heterocycles. The molecule has 0 bridgehead atoms. The number of hydrogen-bond acceptors (Lipinski definition) is 5. The average Bonchev–Trinajstić information content (AvgIpc) is 2.75. The van der Waals surface area contributed by atoms with Gasteiger partial charge in [-0.25, -0.2) is 9.52 Å². The summed E-state index contributed by atoms with van der Waals surface area (Å²) in [6.45, 7) is 5.11. The van der Waals surface area contributed by atoms with E-state index in [-0.39, 0.29) is 18.7 Å². The molecule has 2 aliphatic rings. The largest absolute Gasteiger partial charge is 0.449 e. The summed E-state index contributed by atoms with van der Waals surface area (Å²) in [5.74, 6) is 0.332. The number of carbonyl (C=O) groups excluding carboxylic acids is 1. The summed E-state index contributed by atoms with van der Waals surface area (Å²) in [7, 11) is -3.82. The van der Waals surface area contributed by atoms with Crippen LogP contribution in [-0.2, 0) is 14.9 Å². The number of nitrogens with one attached hydrogen (secondary N) is 2. The third-order valence-corrected chi connectivity index (χ3v) is 5.08. The number of ether oxygens (including phenoxy) is 1. The van der Waals surface area contributed by atoms with Crippen molar-refractivity contribution < 1.29 is 17.9 Å². The van der Waals surface area contributed by atoms with Crippen LogP contribution in [-0.4, -0.2) is 50.6 Å². The monoisotopic (exact) mass is 277 g/mol. The van der Waals surface area contributed by atoms with Crippen LogP contribution in [0.4, 0.5) is 4.79 Å². The van der Waals surface area contributed by atoms with E-state index in [4.69, 9.17) is 0 Å². The van der Waals surface area contributed by atoms with Crippen LogP contribution >= 0.6 is 0 Å². The van der Waals surface area contributed by atoms with E-state index in [9.17, 15) is 13.2 Å². The summed E-state index contributed by atoms with van der Waals surface area (Å²) in [5.41, 5.74) is 0. The molecule has 8 heteroatoms. The third kappa shape index (κ3) is 2.45. The van der Waals surface area contributed by atoms with Gasteiger partial charge in [-0.3, -0.25) is 0 Å². The fourth-order valence-electron chi connectivity index (χ4n) is 2.86. The van der Waals surface area contributed by atoms with Crippen LogP contribution in [0.3, 0.4) is 0 Å². The van der Waals surface area contributed by atoms with Gasteiger partial charge in [0, 0.05) is 18.6 Å². The van der Waals surface area contributed by atoms with Crippen LogP contribution in [0.15, 0.2) is 0 Å². The smallest absolute Gasteiger partial charge is 0.421 e. The Morgan fingerprint density at radius 2 is 2.22 bits per heavy atom. The normalized spacial score (nSPS) is 32.2. The first-order valence-corrected chi connectivity index (χ1v) is 7.58. The molecular weight excluding hydrogens is 258 g/mol. The number of carbonyl (C=O) groups is 1. The summed E-state index contributed by atoms with van der Waals surface area (Å²) in [6.07, 6.45) is -0.0967. The number of hydrogen-bond donors (Lipinski definition) is 2. The minimum absolute atomic E-state index is 0.0630. The molecule has 0 saturated carbocycles. The Morgan fingerprint density at radius 3 is 2.89 bits per heavy atom. The zero-order valence-electron chi connectivity index (χ0n) is 10.5. The molecule has 2 heterocycles. The lowest BCUT2D eigenvalue weighted by Crippen LogP contribution is -2.50. The summed E-state index contributed by atoms with van der Waals surface area (Å²) in [6, 6.07) is -0.152. The highest BCUT2D eigenvalue weighted by molar-refractivity contribution is 7.87. The molecule has 18 heavy (non-hydrogen) atoms. The molecule has 0 spiro atoms. The quantitative estimate of drug-likeness (QED) is 0.737. The third-order valence-electron chi connectivity index (χ3n) is 3.47. The van der Waals surface area contributed by atoms with E-state index < -0.39 is 16.3 Å². The van der Waals surface area contributed by atoms with Gasteiger partial charge in [0.25, 0.3) is 0 Å². The first kappa shape index (κ1) is 13.6. The van der Waals surface area contributed by atoms with Gasteiger partial charge in [-0.15, -0.1) is 0 Å². The van der Waals surface area contributed by atoms with E-state index in [1.165, 1.54) is 4.31 Å². The first-order valence-electron chi connectivity index (χ1n) is 6.14. The summed E-state index contributed by atoms with van der Waals surface area (Å²) in [4.78, 5) is 11.3. The molecule has 0 aromatic heterocycles. The molecule has 1 amide bonds. The molecule has 104 valence electrons. The van der Waals surface area contributed by atoms with E-state index in [2.05, 4.69) is 10.1 Å². The molecule has 0 aliphatic carbocycles. The standard InChI is InChI=1S/C10H19N3O4S/c1-3-17-10(14)12-18(15,16)13-7(2)4-8-5-11-6-9(8)13/h7-9,11H,3-6H2,1-2H3,(H,12,14). The van der Waals surface area contributed by atoms with Gasteiger partial charge in [0.2, 0.25) is 0 Å². The van der Waals surface area contributed by atoms with Crippen LogP contribution in [0.1, 0.15) is 20.3 Å². The van der Waals surface area contributed by atoms with Crippen molar-refractivity contribution in [2.45, 2.75) is 32.4 Å². The van der Waals surface area contributed by atoms with Gasteiger partial charge in [-0.1, -0.05) is 0 Å². The molecule has 3 atom stereocenters. The van der Waals surface area contributed by atoms with Crippen molar-refractivity contribution in [3.8, 4) is 0 Å². The van der Waals surface area contributed by atoms with Gasteiger partial charge in [0.1, 0.15) is 0 Å². The Hall–Kier alpha value is -0.860. The molecule has 2 saturated heterocycles. The second kappa shape index (κ2) is 5.02. The maximum Gasteiger partial charge on any atom is 0.421 e. The van der Waals surface area contributed by atoms with E-state index in [0.717, 1.165) is 13.0 Å². The van der Waals surface area contributed by atoms with Gasteiger partial charge < -0.3 is 10.1 Å². The summed E-state index contributed by atoms with van der Waals surface area (Å²) in [5, 5.41) is 3.18. The molecule has 2 rings (SSSR count). The van der Waals surface area contributed by atoms with E-state index in [1.54, 1.807) is 6.92 Å². The molecular formula is C10H19N3O4S. The van der Waals surface area contributed by atoms with Gasteiger partial charge in [-0.2, -0.15) is 12.7 Å². The molecule has 0 aromatic carbocycles. The van der Waals surface area contributed by atoms with Crippen LogP contribution in [0.5, 0.6) is 0 Å².